The minimum atomic E-state index is -0.218. The summed E-state index contributed by atoms with van der Waals surface area (Å²) in [5.74, 6) is -0.195. The van der Waals surface area contributed by atoms with E-state index >= 15 is 0 Å². The molecule has 3 nitrogen and oxygen atoms in total. The van der Waals surface area contributed by atoms with Crippen molar-refractivity contribution in [3.05, 3.63) is 65.2 Å². The van der Waals surface area contributed by atoms with Crippen molar-refractivity contribution >= 4 is 5.91 Å². The number of rotatable bonds is 2. The van der Waals surface area contributed by atoms with Gasteiger partial charge in [0.2, 0.25) is 0 Å². The minimum absolute atomic E-state index is 0.0223. The molecule has 20 heavy (non-hydrogen) atoms. The molecule has 0 bridgehead atoms. The quantitative estimate of drug-likeness (QED) is 0.877. The molecule has 2 N–H and O–H groups in total. The summed E-state index contributed by atoms with van der Waals surface area (Å²) in [5.41, 5.74) is 2.83. The largest absolute Gasteiger partial charge is 0.507 e. The fraction of sp³-hybridized carbons (Fsp3) is 0.235. The molecule has 3 heteroatoms. The van der Waals surface area contributed by atoms with E-state index in [-0.39, 0.29) is 17.7 Å². The summed E-state index contributed by atoms with van der Waals surface area (Å²) in [6.45, 7) is 0. The lowest BCUT2D eigenvalue weighted by atomic mass is 9.87. The van der Waals surface area contributed by atoms with Crippen molar-refractivity contribution < 1.29 is 9.90 Å². The summed E-state index contributed by atoms with van der Waals surface area (Å²) >= 11 is 0. The molecular weight excluding hydrogens is 250 g/mol. The molecule has 1 atom stereocenters. The minimum Gasteiger partial charge on any atom is -0.507 e. The average molecular weight is 267 g/mol. The molecule has 0 radical (unpaired) electrons. The third-order valence-electron chi connectivity index (χ3n) is 3.82. The first kappa shape index (κ1) is 12.7. The molecule has 0 saturated carbocycles. The van der Waals surface area contributed by atoms with E-state index in [4.69, 9.17) is 0 Å². The molecule has 1 aliphatic carbocycles. The number of nitrogens with one attached hydrogen (secondary N) is 1. The summed E-state index contributed by atoms with van der Waals surface area (Å²) in [7, 11) is 0. The second-order valence-corrected chi connectivity index (χ2v) is 5.13. The number of phenols is 1. The van der Waals surface area contributed by atoms with Crippen molar-refractivity contribution in [1.29, 1.82) is 0 Å². The molecule has 0 aliphatic heterocycles. The van der Waals surface area contributed by atoms with Crippen LogP contribution in [0.3, 0.4) is 0 Å². The van der Waals surface area contributed by atoms with Gasteiger partial charge in [0.25, 0.3) is 5.91 Å². The number of carbonyl (C=O) groups excluding carboxylic acids is 1. The van der Waals surface area contributed by atoms with Gasteiger partial charge in [0, 0.05) is 0 Å². The maximum atomic E-state index is 12.3. The molecule has 0 aromatic heterocycles. The number of amides is 1. The summed E-state index contributed by atoms with van der Waals surface area (Å²) in [4.78, 5) is 12.3. The molecule has 2 aromatic rings. The average Bonchev–Trinajstić information content (AvgIpc) is 2.48. The van der Waals surface area contributed by atoms with Gasteiger partial charge in [-0.15, -0.1) is 0 Å². The fourth-order valence-electron chi connectivity index (χ4n) is 2.81. The number of aromatic hydroxyl groups is 1. The van der Waals surface area contributed by atoms with Crippen LogP contribution < -0.4 is 5.32 Å². The Morgan fingerprint density at radius 3 is 2.70 bits per heavy atom. The van der Waals surface area contributed by atoms with E-state index in [1.807, 2.05) is 12.1 Å². The van der Waals surface area contributed by atoms with E-state index in [0.717, 1.165) is 19.3 Å². The number of fused-ring (bicyclic) bond motifs is 1. The Morgan fingerprint density at radius 2 is 1.85 bits per heavy atom. The van der Waals surface area contributed by atoms with Gasteiger partial charge in [0.15, 0.2) is 0 Å². The number of carbonyl (C=O) groups is 1. The normalized spacial score (nSPS) is 17.3. The van der Waals surface area contributed by atoms with E-state index in [1.54, 1.807) is 18.2 Å². The van der Waals surface area contributed by atoms with Gasteiger partial charge in [-0.3, -0.25) is 4.79 Å². The highest BCUT2D eigenvalue weighted by atomic mass is 16.3. The second-order valence-electron chi connectivity index (χ2n) is 5.13. The SMILES string of the molecule is O=C(NC1CCCc2ccccc21)c1ccccc1O. The van der Waals surface area contributed by atoms with Crippen LogP contribution in [0.15, 0.2) is 48.5 Å². The molecule has 0 heterocycles. The van der Waals surface area contributed by atoms with Crippen molar-refractivity contribution in [2.24, 2.45) is 0 Å². The van der Waals surface area contributed by atoms with E-state index in [1.165, 1.54) is 17.2 Å². The van der Waals surface area contributed by atoms with Crippen LogP contribution in [0.25, 0.3) is 0 Å². The molecule has 0 saturated heterocycles. The van der Waals surface area contributed by atoms with Gasteiger partial charge in [-0.25, -0.2) is 0 Å². The van der Waals surface area contributed by atoms with E-state index in [9.17, 15) is 9.90 Å². The molecular formula is C17H17NO2. The smallest absolute Gasteiger partial charge is 0.255 e. The predicted octanol–water partition coefficient (Wildman–Crippen LogP) is 3.20. The Balaban J connectivity index is 1.83. The number of hydrogen-bond acceptors (Lipinski definition) is 2. The zero-order valence-corrected chi connectivity index (χ0v) is 11.2. The van der Waals surface area contributed by atoms with Crippen LogP contribution in [0, 0.1) is 0 Å². The van der Waals surface area contributed by atoms with Gasteiger partial charge in [-0.05, 0) is 42.5 Å². The maximum Gasteiger partial charge on any atom is 0.255 e. The first-order chi connectivity index (χ1) is 9.75. The Labute approximate surface area is 118 Å². The van der Waals surface area contributed by atoms with Crippen LogP contribution in [0.1, 0.15) is 40.4 Å². The zero-order valence-electron chi connectivity index (χ0n) is 11.2. The van der Waals surface area contributed by atoms with Gasteiger partial charge >= 0.3 is 0 Å². The maximum absolute atomic E-state index is 12.3. The monoisotopic (exact) mass is 267 g/mol. The molecule has 2 aromatic carbocycles. The van der Waals surface area contributed by atoms with E-state index in [0.29, 0.717) is 5.56 Å². The van der Waals surface area contributed by atoms with Crippen LogP contribution in [0.5, 0.6) is 5.75 Å². The first-order valence-electron chi connectivity index (χ1n) is 6.92. The Morgan fingerprint density at radius 1 is 1.10 bits per heavy atom. The lowest BCUT2D eigenvalue weighted by Crippen LogP contribution is -2.31. The van der Waals surface area contributed by atoms with Crippen molar-refractivity contribution in [2.75, 3.05) is 0 Å². The highest BCUT2D eigenvalue weighted by Gasteiger charge is 2.22. The third kappa shape index (κ3) is 2.39. The molecule has 1 unspecified atom stereocenters. The standard InChI is InChI=1S/C17H17NO2/c19-16-11-4-3-9-14(16)17(20)18-15-10-5-7-12-6-1-2-8-13(12)15/h1-4,6,8-9,11,15,19H,5,7,10H2,(H,18,20). The third-order valence-corrected chi connectivity index (χ3v) is 3.82. The highest BCUT2D eigenvalue weighted by molar-refractivity contribution is 5.97. The van der Waals surface area contributed by atoms with Gasteiger partial charge in [-0.1, -0.05) is 36.4 Å². The number of aryl methyl sites for hydroxylation is 1. The summed E-state index contributed by atoms with van der Waals surface area (Å²) in [5, 5.41) is 12.8. The topological polar surface area (TPSA) is 49.3 Å². The van der Waals surface area contributed by atoms with Crippen LogP contribution in [0.2, 0.25) is 0 Å². The second kappa shape index (κ2) is 5.37. The van der Waals surface area contributed by atoms with Crippen molar-refractivity contribution in [1.82, 2.24) is 5.32 Å². The van der Waals surface area contributed by atoms with E-state index in [2.05, 4.69) is 17.4 Å². The van der Waals surface area contributed by atoms with Crippen LogP contribution >= 0.6 is 0 Å². The highest BCUT2D eigenvalue weighted by Crippen LogP contribution is 2.30. The van der Waals surface area contributed by atoms with Crippen LogP contribution in [-0.4, -0.2) is 11.0 Å². The van der Waals surface area contributed by atoms with Crippen molar-refractivity contribution in [2.45, 2.75) is 25.3 Å². The van der Waals surface area contributed by atoms with Crippen LogP contribution in [-0.2, 0) is 6.42 Å². The summed E-state index contributed by atoms with van der Waals surface area (Å²) in [6.07, 6.45) is 3.08. The summed E-state index contributed by atoms with van der Waals surface area (Å²) in [6, 6.07) is 14.9. The molecule has 102 valence electrons. The van der Waals surface area contributed by atoms with Crippen molar-refractivity contribution in [3.63, 3.8) is 0 Å². The number of hydrogen-bond donors (Lipinski definition) is 2. The lowest BCUT2D eigenvalue weighted by molar-refractivity contribution is 0.0930. The fourth-order valence-corrected chi connectivity index (χ4v) is 2.81. The first-order valence-corrected chi connectivity index (χ1v) is 6.92. The Bertz CT molecular complexity index is 636. The molecule has 1 aliphatic rings. The van der Waals surface area contributed by atoms with Crippen molar-refractivity contribution in [3.8, 4) is 5.75 Å². The number of para-hydroxylation sites is 1. The lowest BCUT2D eigenvalue weighted by Gasteiger charge is -2.26. The van der Waals surface area contributed by atoms with Gasteiger partial charge in [0.05, 0.1) is 11.6 Å². The predicted molar refractivity (Wildman–Crippen MR) is 77.7 cm³/mol. The molecule has 0 spiro atoms. The van der Waals surface area contributed by atoms with E-state index < -0.39 is 0 Å². The number of benzene rings is 2. The number of phenolic OH excluding ortho intramolecular Hbond substituents is 1. The van der Waals surface area contributed by atoms with Gasteiger partial charge in [-0.2, -0.15) is 0 Å². The molecule has 3 rings (SSSR count). The van der Waals surface area contributed by atoms with Gasteiger partial charge < -0.3 is 10.4 Å². The Kier molecular flexibility index (Phi) is 3.42. The van der Waals surface area contributed by atoms with Crippen LogP contribution in [0.4, 0.5) is 0 Å². The molecule has 1 amide bonds. The Hall–Kier alpha value is -2.29. The van der Waals surface area contributed by atoms with Gasteiger partial charge in [0.1, 0.15) is 5.75 Å². The molecule has 0 fully saturated rings. The summed E-state index contributed by atoms with van der Waals surface area (Å²) < 4.78 is 0. The zero-order chi connectivity index (χ0) is 13.9.